The second kappa shape index (κ2) is 5.66. The van der Waals surface area contributed by atoms with Crippen molar-refractivity contribution in [3.8, 4) is 11.8 Å². The monoisotopic (exact) mass is 293 g/mol. The molecule has 22 heavy (non-hydrogen) atoms. The average molecular weight is 293 g/mol. The molecule has 3 aromatic rings. The predicted molar refractivity (Wildman–Crippen MR) is 79.3 cm³/mol. The lowest BCUT2D eigenvalue weighted by atomic mass is 10.2. The van der Waals surface area contributed by atoms with Crippen LogP contribution in [0.3, 0.4) is 0 Å². The Morgan fingerprint density at radius 3 is 2.95 bits per heavy atom. The molecule has 0 saturated heterocycles. The number of hydrogen-bond acceptors (Lipinski definition) is 5. The maximum absolute atomic E-state index is 13.4. The number of nitrogens with zero attached hydrogens (tertiary/aromatic N) is 3. The summed E-state index contributed by atoms with van der Waals surface area (Å²) in [7, 11) is 1.56. The van der Waals surface area contributed by atoms with Crippen LogP contribution < -0.4 is 10.1 Å². The van der Waals surface area contributed by atoms with Crippen LogP contribution in [0.2, 0.25) is 0 Å². The number of halogens is 1. The minimum absolute atomic E-state index is 0.0309. The van der Waals surface area contributed by atoms with E-state index in [9.17, 15) is 4.39 Å². The molecule has 5 nitrogen and oxygen atoms in total. The second-order valence-corrected chi connectivity index (χ2v) is 4.45. The molecule has 1 radical (unpaired) electrons. The third-order valence-electron chi connectivity index (χ3n) is 3.11. The highest BCUT2D eigenvalue weighted by atomic mass is 19.1. The summed E-state index contributed by atoms with van der Waals surface area (Å²) in [5, 5.41) is 12.7. The van der Waals surface area contributed by atoms with Gasteiger partial charge in [0.2, 0.25) is 0 Å². The third-order valence-corrected chi connectivity index (χ3v) is 3.11. The van der Waals surface area contributed by atoms with E-state index in [4.69, 9.17) is 10.00 Å². The highest BCUT2D eigenvalue weighted by Crippen LogP contribution is 2.26. The molecule has 1 aromatic heterocycles. The van der Waals surface area contributed by atoms with Gasteiger partial charge in [-0.25, -0.2) is 14.4 Å². The van der Waals surface area contributed by atoms with Crippen LogP contribution in [0.4, 0.5) is 15.9 Å². The summed E-state index contributed by atoms with van der Waals surface area (Å²) in [6.45, 7) is 0. The van der Waals surface area contributed by atoms with Gasteiger partial charge in [0.25, 0.3) is 0 Å². The highest BCUT2D eigenvalue weighted by molar-refractivity contribution is 5.91. The molecule has 0 spiro atoms. The second-order valence-electron chi connectivity index (χ2n) is 4.45. The summed E-state index contributed by atoms with van der Waals surface area (Å²) in [5.74, 6) is 0.559. The molecule has 107 valence electrons. The lowest BCUT2D eigenvalue weighted by Crippen LogP contribution is -1.97. The fourth-order valence-corrected chi connectivity index (χ4v) is 2.02. The number of aromatic nitrogens is 2. The van der Waals surface area contributed by atoms with E-state index in [1.54, 1.807) is 25.3 Å². The first-order valence-electron chi connectivity index (χ1n) is 6.38. The Bertz CT molecular complexity index is 889. The number of methoxy groups -OCH3 is 1. The predicted octanol–water partition coefficient (Wildman–Crippen LogP) is 3.19. The van der Waals surface area contributed by atoms with Crippen LogP contribution in [-0.4, -0.2) is 17.1 Å². The van der Waals surface area contributed by atoms with Gasteiger partial charge in [-0.15, -0.1) is 0 Å². The van der Waals surface area contributed by atoms with Crippen LogP contribution >= 0.6 is 0 Å². The molecule has 0 aliphatic heterocycles. The van der Waals surface area contributed by atoms with Crippen molar-refractivity contribution >= 4 is 22.4 Å². The van der Waals surface area contributed by atoms with E-state index in [1.165, 1.54) is 24.5 Å². The normalized spacial score (nSPS) is 10.2. The standard InChI is InChI=1S/C16H10FN4O/c1-22-12-3-4-13-15(7-12)19-9-20-16(13)21-11-2-5-14(17)10(6-11)8-18/h2,4-7,9H,1H3,(H,19,20,21). The van der Waals surface area contributed by atoms with Gasteiger partial charge in [0.1, 0.15) is 29.8 Å². The maximum Gasteiger partial charge on any atom is 0.141 e. The van der Waals surface area contributed by atoms with E-state index in [0.29, 0.717) is 22.8 Å². The van der Waals surface area contributed by atoms with E-state index in [0.717, 1.165) is 5.39 Å². The molecular formula is C16H10FN4O. The number of fused-ring (bicyclic) bond motifs is 1. The van der Waals surface area contributed by atoms with Crippen molar-refractivity contribution in [3.05, 3.63) is 54.1 Å². The van der Waals surface area contributed by atoms with E-state index in [2.05, 4.69) is 21.4 Å². The molecule has 0 saturated carbocycles. The Labute approximate surface area is 126 Å². The molecule has 0 aliphatic rings. The average Bonchev–Trinajstić information content (AvgIpc) is 2.56. The summed E-state index contributed by atoms with van der Waals surface area (Å²) < 4.78 is 18.5. The largest absolute Gasteiger partial charge is 0.496 e. The molecule has 0 amide bonds. The van der Waals surface area contributed by atoms with Gasteiger partial charge in [0.15, 0.2) is 0 Å². The first-order valence-corrected chi connectivity index (χ1v) is 6.38. The number of rotatable bonds is 3. The Hall–Kier alpha value is -3.20. The number of nitrogens with one attached hydrogen (secondary N) is 1. The van der Waals surface area contributed by atoms with Gasteiger partial charge in [-0.1, -0.05) is 0 Å². The Morgan fingerprint density at radius 1 is 1.32 bits per heavy atom. The molecule has 2 aromatic carbocycles. The molecule has 0 aliphatic carbocycles. The number of ether oxygens (including phenoxy) is 1. The van der Waals surface area contributed by atoms with Gasteiger partial charge in [-0.3, -0.25) is 0 Å². The smallest absolute Gasteiger partial charge is 0.141 e. The number of hydrogen-bond donors (Lipinski definition) is 1. The molecule has 1 heterocycles. The Kier molecular flexibility index (Phi) is 3.54. The molecule has 0 atom stereocenters. The van der Waals surface area contributed by atoms with Crippen LogP contribution in [0.5, 0.6) is 5.75 Å². The van der Waals surface area contributed by atoms with Crippen LogP contribution in [0.25, 0.3) is 10.9 Å². The lowest BCUT2D eigenvalue weighted by molar-refractivity contribution is 0.414. The molecule has 0 fully saturated rings. The van der Waals surface area contributed by atoms with Crippen molar-refractivity contribution < 1.29 is 9.13 Å². The van der Waals surface area contributed by atoms with Gasteiger partial charge in [0.05, 0.1) is 18.2 Å². The van der Waals surface area contributed by atoms with Crippen LogP contribution in [0.15, 0.2) is 36.7 Å². The topological polar surface area (TPSA) is 70.8 Å². The van der Waals surface area contributed by atoms with Gasteiger partial charge in [-0.05, 0) is 24.3 Å². The molecule has 6 heteroatoms. The molecule has 0 bridgehead atoms. The quantitative estimate of drug-likeness (QED) is 0.803. The Balaban J connectivity index is 2.02. The van der Waals surface area contributed by atoms with Crippen molar-refractivity contribution in [3.63, 3.8) is 0 Å². The summed E-state index contributed by atoms with van der Waals surface area (Å²) in [6.07, 6.45) is 1.42. The Morgan fingerprint density at radius 2 is 2.18 bits per heavy atom. The maximum atomic E-state index is 13.4. The van der Waals surface area contributed by atoms with Crippen LogP contribution in [-0.2, 0) is 0 Å². The molecular weight excluding hydrogens is 283 g/mol. The summed E-state index contributed by atoms with van der Waals surface area (Å²) in [4.78, 5) is 8.35. The van der Waals surface area contributed by atoms with Gasteiger partial charge >= 0.3 is 0 Å². The fourth-order valence-electron chi connectivity index (χ4n) is 2.02. The van der Waals surface area contributed by atoms with Crippen LogP contribution in [0, 0.1) is 23.2 Å². The number of benzene rings is 2. The number of nitriles is 1. The molecule has 1 N–H and O–H groups in total. The van der Waals surface area contributed by atoms with Crippen molar-refractivity contribution in [1.29, 1.82) is 5.26 Å². The third kappa shape index (κ3) is 2.52. The van der Waals surface area contributed by atoms with E-state index >= 15 is 0 Å². The number of anilines is 2. The summed E-state index contributed by atoms with van der Waals surface area (Å²) >= 11 is 0. The van der Waals surface area contributed by atoms with E-state index in [1.807, 2.05) is 0 Å². The van der Waals surface area contributed by atoms with Gasteiger partial charge < -0.3 is 10.1 Å². The van der Waals surface area contributed by atoms with Crippen LogP contribution in [0.1, 0.15) is 5.56 Å². The van der Waals surface area contributed by atoms with Gasteiger partial charge in [0, 0.05) is 23.2 Å². The van der Waals surface area contributed by atoms with Crippen molar-refractivity contribution in [2.24, 2.45) is 0 Å². The van der Waals surface area contributed by atoms with Crippen molar-refractivity contribution in [2.45, 2.75) is 0 Å². The van der Waals surface area contributed by atoms with E-state index in [-0.39, 0.29) is 5.56 Å². The van der Waals surface area contributed by atoms with Crippen molar-refractivity contribution in [2.75, 3.05) is 12.4 Å². The van der Waals surface area contributed by atoms with E-state index < -0.39 is 5.82 Å². The first kappa shape index (κ1) is 13.8. The SMILES string of the molecule is COc1[c]cc2c(Nc3ccc(F)c(C#N)c3)ncnc2c1. The molecule has 3 rings (SSSR count). The zero-order valence-corrected chi connectivity index (χ0v) is 11.6. The minimum Gasteiger partial charge on any atom is -0.496 e. The highest BCUT2D eigenvalue weighted by Gasteiger charge is 2.07. The summed E-state index contributed by atoms with van der Waals surface area (Å²) in [5.41, 5.74) is 1.22. The fraction of sp³-hybridized carbons (Fsp3) is 0.0625. The minimum atomic E-state index is -0.557. The zero-order valence-electron chi connectivity index (χ0n) is 11.6. The van der Waals surface area contributed by atoms with Gasteiger partial charge in [-0.2, -0.15) is 5.26 Å². The lowest BCUT2D eigenvalue weighted by Gasteiger charge is -2.09. The van der Waals surface area contributed by atoms with Crippen molar-refractivity contribution in [1.82, 2.24) is 9.97 Å². The molecule has 0 unspecified atom stereocenters. The summed E-state index contributed by atoms with van der Waals surface area (Å²) in [6, 6.07) is 12.4. The zero-order chi connectivity index (χ0) is 15.5. The first-order chi connectivity index (χ1) is 10.7.